The van der Waals surface area contributed by atoms with Gasteiger partial charge in [0.25, 0.3) is 0 Å². The van der Waals surface area contributed by atoms with Crippen LogP contribution in [-0.4, -0.2) is 36.8 Å². The van der Waals surface area contributed by atoms with E-state index in [-0.39, 0.29) is 0 Å². The number of benzene rings is 3. The number of aromatic nitrogens is 3. The van der Waals surface area contributed by atoms with Gasteiger partial charge in [-0.25, -0.2) is 9.97 Å². The third kappa shape index (κ3) is 3.46. The van der Waals surface area contributed by atoms with Gasteiger partial charge in [0.15, 0.2) is 23.1 Å². The van der Waals surface area contributed by atoms with Crippen molar-refractivity contribution in [1.29, 1.82) is 0 Å². The van der Waals surface area contributed by atoms with Crippen molar-refractivity contribution < 1.29 is 15.3 Å². The summed E-state index contributed by atoms with van der Waals surface area (Å²) in [5.74, 6) is -0.436. The number of anilines is 1. The molecule has 0 aliphatic rings. The first-order chi connectivity index (χ1) is 15.1. The van der Waals surface area contributed by atoms with Crippen LogP contribution in [0.1, 0.15) is 5.56 Å². The molecule has 5 rings (SSSR count). The third-order valence-corrected chi connectivity index (χ3v) is 5.29. The largest absolute Gasteiger partial charge is 0.504 e. The minimum Gasteiger partial charge on any atom is -0.504 e. The molecule has 0 saturated heterocycles. The summed E-state index contributed by atoms with van der Waals surface area (Å²) < 4.78 is 0. The Morgan fingerprint density at radius 1 is 0.839 bits per heavy atom. The second-order valence-electron chi connectivity index (χ2n) is 7.31. The fourth-order valence-corrected chi connectivity index (χ4v) is 3.73. The first kappa shape index (κ1) is 18.7. The van der Waals surface area contributed by atoms with Gasteiger partial charge in [0, 0.05) is 34.6 Å². The highest BCUT2D eigenvalue weighted by Crippen LogP contribution is 2.38. The van der Waals surface area contributed by atoms with E-state index in [1.165, 1.54) is 23.1 Å². The van der Waals surface area contributed by atoms with Gasteiger partial charge in [-0.2, -0.15) is 0 Å². The quantitative estimate of drug-likeness (QED) is 0.271. The molecule has 2 aromatic heterocycles. The van der Waals surface area contributed by atoms with E-state index in [0.717, 1.165) is 22.8 Å². The first-order valence-electron chi connectivity index (χ1n) is 9.91. The number of phenolic OH excluding ortho intramolecular Hbond substituents is 3. The summed E-state index contributed by atoms with van der Waals surface area (Å²) in [6.45, 7) is 0.661. The second kappa shape index (κ2) is 7.53. The smallest absolute Gasteiger partial charge is 0.200 e. The number of para-hydroxylation sites is 2. The third-order valence-electron chi connectivity index (χ3n) is 5.29. The Labute approximate surface area is 177 Å². The molecule has 2 heterocycles. The minimum atomic E-state index is -0.568. The number of nitrogens with one attached hydrogen (secondary N) is 2. The van der Waals surface area contributed by atoms with E-state index in [1.807, 2.05) is 42.6 Å². The summed E-state index contributed by atoms with van der Waals surface area (Å²) in [4.78, 5) is 12.5. The topological polar surface area (TPSA) is 114 Å². The van der Waals surface area contributed by atoms with Crippen LogP contribution in [0.15, 0.2) is 66.9 Å². The van der Waals surface area contributed by atoms with Crippen molar-refractivity contribution in [2.45, 2.75) is 6.42 Å². The van der Waals surface area contributed by atoms with Gasteiger partial charge >= 0.3 is 0 Å². The monoisotopic (exact) mass is 412 g/mol. The van der Waals surface area contributed by atoms with Gasteiger partial charge in [-0.15, -0.1) is 0 Å². The molecule has 0 amide bonds. The molecule has 7 heteroatoms. The van der Waals surface area contributed by atoms with Gasteiger partial charge < -0.3 is 25.6 Å². The fraction of sp³-hybridized carbons (Fsp3) is 0.0833. The Bertz CT molecular complexity index is 1390. The van der Waals surface area contributed by atoms with Crippen molar-refractivity contribution in [3.05, 3.63) is 72.4 Å². The number of phenols is 3. The Balaban J connectivity index is 1.47. The normalized spacial score (nSPS) is 11.2. The van der Waals surface area contributed by atoms with E-state index in [4.69, 9.17) is 0 Å². The van der Waals surface area contributed by atoms with Crippen LogP contribution in [0.25, 0.3) is 33.2 Å². The van der Waals surface area contributed by atoms with E-state index in [2.05, 4.69) is 32.4 Å². The number of hydrogen-bond donors (Lipinski definition) is 5. The lowest BCUT2D eigenvalue weighted by Crippen LogP contribution is -2.08. The van der Waals surface area contributed by atoms with Crippen LogP contribution in [0.5, 0.6) is 17.2 Å². The van der Waals surface area contributed by atoms with Crippen LogP contribution >= 0.6 is 0 Å². The zero-order valence-corrected chi connectivity index (χ0v) is 16.5. The maximum Gasteiger partial charge on any atom is 0.200 e. The predicted molar refractivity (Wildman–Crippen MR) is 120 cm³/mol. The predicted octanol–water partition coefficient (Wildman–Crippen LogP) is 4.55. The van der Waals surface area contributed by atoms with E-state index >= 15 is 0 Å². The van der Waals surface area contributed by atoms with Crippen molar-refractivity contribution >= 4 is 27.6 Å². The van der Waals surface area contributed by atoms with E-state index in [9.17, 15) is 15.3 Å². The number of hydrogen-bond acceptors (Lipinski definition) is 6. The molecule has 0 atom stereocenters. The van der Waals surface area contributed by atoms with Gasteiger partial charge in [0.1, 0.15) is 5.82 Å². The maximum absolute atomic E-state index is 9.87. The molecule has 0 spiro atoms. The van der Waals surface area contributed by atoms with Crippen molar-refractivity contribution in [2.24, 2.45) is 0 Å². The Hall–Kier alpha value is -4.26. The molecule has 0 fully saturated rings. The van der Waals surface area contributed by atoms with E-state index in [0.29, 0.717) is 23.8 Å². The number of rotatable bonds is 5. The van der Waals surface area contributed by atoms with Crippen molar-refractivity contribution in [2.75, 3.05) is 11.9 Å². The summed E-state index contributed by atoms with van der Waals surface area (Å²) in [6, 6.07) is 18.5. The average molecular weight is 412 g/mol. The molecular formula is C24H20N4O3. The summed E-state index contributed by atoms with van der Waals surface area (Å²) in [5, 5.41) is 34.9. The van der Waals surface area contributed by atoms with Crippen molar-refractivity contribution in [1.82, 2.24) is 15.0 Å². The molecule has 5 aromatic rings. The zero-order valence-electron chi connectivity index (χ0n) is 16.5. The number of aromatic amines is 1. The van der Waals surface area contributed by atoms with Crippen LogP contribution < -0.4 is 5.32 Å². The Kier molecular flexibility index (Phi) is 4.55. The number of H-pyrrole nitrogens is 1. The van der Waals surface area contributed by atoms with E-state index < -0.39 is 17.2 Å². The molecule has 0 saturated carbocycles. The standard InChI is InChI=1S/C24H20N4O3/c29-20-11-15(12-21(30)22(20)31)23-27-19-8-4-2-6-17(19)24(28-23)25-10-9-14-13-26-18-7-3-1-5-16(14)18/h1-8,11-13,26,29-31H,9-10H2,(H,25,27,28). The summed E-state index contributed by atoms with van der Waals surface area (Å²) >= 11 is 0. The highest BCUT2D eigenvalue weighted by atomic mass is 16.3. The molecule has 7 nitrogen and oxygen atoms in total. The lowest BCUT2D eigenvalue weighted by molar-refractivity contribution is 0.368. The Morgan fingerprint density at radius 2 is 1.55 bits per heavy atom. The number of nitrogens with zero attached hydrogens (tertiary/aromatic N) is 2. The lowest BCUT2D eigenvalue weighted by atomic mass is 10.1. The molecule has 154 valence electrons. The zero-order chi connectivity index (χ0) is 21.4. The maximum atomic E-state index is 9.87. The van der Waals surface area contributed by atoms with Crippen LogP contribution in [-0.2, 0) is 6.42 Å². The molecule has 0 bridgehead atoms. The second-order valence-corrected chi connectivity index (χ2v) is 7.31. The highest BCUT2D eigenvalue weighted by molar-refractivity contribution is 5.91. The number of fused-ring (bicyclic) bond motifs is 2. The van der Waals surface area contributed by atoms with Gasteiger partial charge in [-0.1, -0.05) is 30.3 Å². The summed E-state index contributed by atoms with van der Waals surface area (Å²) in [7, 11) is 0. The average Bonchev–Trinajstić information content (AvgIpc) is 3.20. The van der Waals surface area contributed by atoms with Crippen LogP contribution in [0.4, 0.5) is 5.82 Å². The molecule has 0 unspecified atom stereocenters. The lowest BCUT2D eigenvalue weighted by Gasteiger charge is -2.12. The molecule has 3 aromatic carbocycles. The Morgan fingerprint density at radius 3 is 2.35 bits per heavy atom. The van der Waals surface area contributed by atoms with Crippen molar-refractivity contribution in [3.63, 3.8) is 0 Å². The van der Waals surface area contributed by atoms with Crippen LogP contribution in [0.3, 0.4) is 0 Å². The number of aromatic hydroxyl groups is 3. The summed E-state index contributed by atoms with van der Waals surface area (Å²) in [6.07, 6.45) is 2.83. The molecule has 31 heavy (non-hydrogen) atoms. The SMILES string of the molecule is Oc1cc(-c2nc(NCCc3c[nH]c4ccccc34)c3ccccc3n2)cc(O)c1O. The summed E-state index contributed by atoms with van der Waals surface area (Å²) in [5.41, 5.74) is 3.46. The van der Waals surface area contributed by atoms with Gasteiger partial charge in [0.2, 0.25) is 0 Å². The van der Waals surface area contributed by atoms with E-state index in [1.54, 1.807) is 0 Å². The van der Waals surface area contributed by atoms with Gasteiger partial charge in [0.05, 0.1) is 5.52 Å². The first-order valence-corrected chi connectivity index (χ1v) is 9.91. The van der Waals surface area contributed by atoms with Gasteiger partial charge in [-0.3, -0.25) is 0 Å². The molecule has 0 aliphatic carbocycles. The molecule has 5 N–H and O–H groups in total. The van der Waals surface area contributed by atoms with Crippen molar-refractivity contribution in [3.8, 4) is 28.6 Å². The fourth-order valence-electron chi connectivity index (χ4n) is 3.73. The minimum absolute atomic E-state index is 0.332. The van der Waals surface area contributed by atoms with Crippen LogP contribution in [0.2, 0.25) is 0 Å². The molecular weight excluding hydrogens is 392 g/mol. The highest BCUT2D eigenvalue weighted by Gasteiger charge is 2.14. The van der Waals surface area contributed by atoms with Crippen LogP contribution in [0, 0.1) is 0 Å². The molecule has 0 radical (unpaired) electrons. The molecule has 0 aliphatic heterocycles. The van der Waals surface area contributed by atoms with Gasteiger partial charge in [-0.05, 0) is 42.3 Å².